The maximum absolute atomic E-state index is 12.6. The third kappa shape index (κ3) is 7.17. The number of carboxylic acid groups (broad SMARTS) is 1. The molecule has 2 rings (SSSR count). The van der Waals surface area contributed by atoms with Crippen LogP contribution in [0, 0.1) is 0 Å². The smallest absolute Gasteiger partial charge is 0.328 e. The minimum Gasteiger partial charge on any atom is -0.497 e. The topological polar surface area (TPSA) is 114 Å². The molecular weight excluding hydrogens is 408 g/mol. The molecule has 2 aromatic rings. The van der Waals surface area contributed by atoms with Crippen molar-refractivity contribution in [2.75, 3.05) is 24.9 Å². The predicted molar refractivity (Wildman–Crippen MR) is 115 cm³/mol. The van der Waals surface area contributed by atoms with Crippen LogP contribution in [0.5, 0.6) is 11.5 Å². The zero-order valence-electron chi connectivity index (χ0n) is 16.7. The Morgan fingerprint density at radius 2 is 1.63 bits per heavy atom. The fraction of sp³-hybridized carbons (Fsp3) is 0.190. The number of benzene rings is 2. The molecular formula is C21H22N2O6S. The molecule has 0 fully saturated rings. The number of thioether (sulfide) groups is 1. The van der Waals surface area contributed by atoms with Gasteiger partial charge in [-0.2, -0.15) is 0 Å². The maximum Gasteiger partial charge on any atom is 0.328 e. The second-order valence-electron chi connectivity index (χ2n) is 6.04. The van der Waals surface area contributed by atoms with Crippen LogP contribution in [0.4, 0.5) is 11.4 Å². The minimum absolute atomic E-state index is 0.214. The number of carboxylic acids is 1. The van der Waals surface area contributed by atoms with Crippen LogP contribution in [0.25, 0.3) is 0 Å². The van der Waals surface area contributed by atoms with E-state index in [9.17, 15) is 14.4 Å². The molecule has 3 N–H and O–H groups in total. The van der Waals surface area contributed by atoms with Crippen LogP contribution in [-0.2, 0) is 14.4 Å². The van der Waals surface area contributed by atoms with Crippen molar-refractivity contribution in [3.05, 3.63) is 54.6 Å². The standard InChI is InChI=1S/C21H22N2O6S/c1-13(21(27)23-15-9-16(28-2)12-17(10-15)29-3)30-18-6-4-5-14(11-18)22-19(24)7-8-20(25)26/h4-13H,1-3H3,(H,22,24)(H,23,27)(H,25,26)/b8-7+. The molecule has 1 unspecified atom stereocenters. The molecule has 2 amide bonds. The zero-order chi connectivity index (χ0) is 22.1. The third-order valence-corrected chi connectivity index (χ3v) is 4.87. The summed E-state index contributed by atoms with van der Waals surface area (Å²) >= 11 is 1.31. The summed E-state index contributed by atoms with van der Waals surface area (Å²) in [5.74, 6) is -0.856. The van der Waals surface area contributed by atoms with Gasteiger partial charge in [0.15, 0.2) is 0 Å². The summed E-state index contributed by atoms with van der Waals surface area (Å²) in [5.41, 5.74) is 1.04. The van der Waals surface area contributed by atoms with E-state index in [2.05, 4.69) is 10.6 Å². The summed E-state index contributed by atoms with van der Waals surface area (Å²) in [6, 6.07) is 12.0. The molecule has 0 spiro atoms. The molecule has 0 aliphatic rings. The van der Waals surface area contributed by atoms with Crippen LogP contribution in [0.2, 0.25) is 0 Å². The highest BCUT2D eigenvalue weighted by Gasteiger charge is 2.16. The van der Waals surface area contributed by atoms with Crippen molar-refractivity contribution in [1.82, 2.24) is 0 Å². The highest BCUT2D eigenvalue weighted by Crippen LogP contribution is 2.29. The Morgan fingerprint density at radius 3 is 2.23 bits per heavy atom. The number of aliphatic carboxylic acids is 1. The van der Waals surface area contributed by atoms with E-state index in [1.165, 1.54) is 26.0 Å². The lowest BCUT2D eigenvalue weighted by Crippen LogP contribution is -2.22. The van der Waals surface area contributed by atoms with Gasteiger partial charge in [-0.25, -0.2) is 4.79 Å². The van der Waals surface area contributed by atoms with Crippen LogP contribution >= 0.6 is 11.8 Å². The fourth-order valence-electron chi connectivity index (χ4n) is 2.36. The van der Waals surface area contributed by atoms with Crippen LogP contribution in [-0.4, -0.2) is 42.4 Å². The number of hydrogen-bond donors (Lipinski definition) is 3. The summed E-state index contributed by atoms with van der Waals surface area (Å²) in [4.78, 5) is 35.5. The van der Waals surface area contributed by atoms with Gasteiger partial charge in [-0.15, -0.1) is 11.8 Å². The highest BCUT2D eigenvalue weighted by molar-refractivity contribution is 8.00. The van der Waals surface area contributed by atoms with Gasteiger partial charge in [-0.3, -0.25) is 9.59 Å². The predicted octanol–water partition coefficient (Wildman–Crippen LogP) is 3.40. The molecule has 8 nitrogen and oxygen atoms in total. The van der Waals surface area contributed by atoms with Crippen molar-refractivity contribution in [1.29, 1.82) is 0 Å². The number of anilines is 2. The molecule has 0 aromatic heterocycles. The number of methoxy groups -OCH3 is 2. The van der Waals surface area contributed by atoms with Crippen molar-refractivity contribution in [2.24, 2.45) is 0 Å². The Morgan fingerprint density at radius 1 is 0.967 bits per heavy atom. The van der Waals surface area contributed by atoms with E-state index in [1.54, 1.807) is 43.3 Å². The highest BCUT2D eigenvalue weighted by atomic mass is 32.2. The number of rotatable bonds is 9. The first kappa shape index (κ1) is 22.8. The van der Waals surface area contributed by atoms with Crippen LogP contribution in [0.15, 0.2) is 59.5 Å². The van der Waals surface area contributed by atoms with Gasteiger partial charge in [0, 0.05) is 46.6 Å². The molecule has 0 saturated carbocycles. The lowest BCUT2D eigenvalue weighted by molar-refractivity contribution is -0.131. The Bertz CT molecular complexity index is 938. The average Bonchev–Trinajstić information content (AvgIpc) is 2.72. The van der Waals surface area contributed by atoms with Crippen molar-refractivity contribution < 1.29 is 29.0 Å². The van der Waals surface area contributed by atoms with Gasteiger partial charge in [-0.05, 0) is 25.1 Å². The molecule has 0 saturated heterocycles. The lowest BCUT2D eigenvalue weighted by atomic mass is 10.2. The van der Waals surface area contributed by atoms with Gasteiger partial charge >= 0.3 is 5.97 Å². The fourth-order valence-corrected chi connectivity index (χ4v) is 3.29. The Balaban J connectivity index is 2.02. The van der Waals surface area contributed by atoms with E-state index in [0.29, 0.717) is 22.9 Å². The lowest BCUT2D eigenvalue weighted by Gasteiger charge is -2.14. The van der Waals surface area contributed by atoms with Gasteiger partial charge in [0.25, 0.3) is 0 Å². The second-order valence-corrected chi connectivity index (χ2v) is 7.45. The molecule has 30 heavy (non-hydrogen) atoms. The SMILES string of the molecule is COc1cc(NC(=O)C(C)Sc2cccc(NC(=O)/C=C/C(=O)O)c2)cc(OC)c1. The molecule has 2 aromatic carbocycles. The number of hydrogen-bond acceptors (Lipinski definition) is 6. The van der Waals surface area contributed by atoms with Gasteiger partial charge in [0.05, 0.1) is 19.5 Å². The first-order chi connectivity index (χ1) is 14.3. The van der Waals surface area contributed by atoms with E-state index in [1.807, 2.05) is 6.07 Å². The van der Waals surface area contributed by atoms with E-state index in [-0.39, 0.29) is 5.91 Å². The van der Waals surface area contributed by atoms with E-state index in [0.717, 1.165) is 17.0 Å². The van der Waals surface area contributed by atoms with Crippen LogP contribution in [0.1, 0.15) is 6.92 Å². The van der Waals surface area contributed by atoms with E-state index >= 15 is 0 Å². The molecule has 158 valence electrons. The largest absolute Gasteiger partial charge is 0.497 e. The summed E-state index contributed by atoms with van der Waals surface area (Å²) in [5, 5.41) is 13.5. The molecule has 0 aliphatic carbocycles. The quantitative estimate of drug-likeness (QED) is 0.413. The number of carbonyl (C=O) groups is 3. The van der Waals surface area contributed by atoms with Crippen LogP contribution in [0.3, 0.4) is 0 Å². The van der Waals surface area contributed by atoms with Crippen molar-refractivity contribution >= 4 is 40.9 Å². The summed E-state index contributed by atoms with van der Waals surface area (Å²) in [7, 11) is 3.06. The molecule has 9 heteroatoms. The first-order valence-electron chi connectivity index (χ1n) is 8.83. The number of ether oxygens (including phenoxy) is 2. The van der Waals surface area contributed by atoms with E-state index < -0.39 is 17.1 Å². The van der Waals surface area contributed by atoms with Crippen molar-refractivity contribution in [2.45, 2.75) is 17.1 Å². The van der Waals surface area contributed by atoms with Gasteiger partial charge in [-0.1, -0.05) is 6.07 Å². The molecule has 0 radical (unpaired) electrons. The summed E-state index contributed by atoms with van der Waals surface area (Å²) in [6.45, 7) is 1.76. The second kappa shape index (κ2) is 10.9. The molecule has 0 heterocycles. The average molecular weight is 430 g/mol. The van der Waals surface area contributed by atoms with E-state index in [4.69, 9.17) is 14.6 Å². The normalized spacial score (nSPS) is 11.6. The molecule has 0 aliphatic heterocycles. The number of carbonyl (C=O) groups excluding carboxylic acids is 2. The van der Waals surface area contributed by atoms with Gasteiger partial charge in [0.1, 0.15) is 11.5 Å². The Kier molecular flexibility index (Phi) is 8.30. The van der Waals surface area contributed by atoms with Gasteiger partial charge < -0.3 is 25.2 Å². The molecule has 0 bridgehead atoms. The van der Waals surface area contributed by atoms with Crippen LogP contribution < -0.4 is 20.1 Å². The van der Waals surface area contributed by atoms with Crippen molar-refractivity contribution in [3.63, 3.8) is 0 Å². The first-order valence-corrected chi connectivity index (χ1v) is 9.71. The van der Waals surface area contributed by atoms with Gasteiger partial charge in [0.2, 0.25) is 11.8 Å². The summed E-state index contributed by atoms with van der Waals surface area (Å²) in [6.07, 6.45) is 1.69. The number of nitrogens with one attached hydrogen (secondary N) is 2. The monoisotopic (exact) mass is 430 g/mol. The van der Waals surface area contributed by atoms with Crippen molar-refractivity contribution in [3.8, 4) is 11.5 Å². The Hall–Kier alpha value is -3.46. The maximum atomic E-state index is 12.6. The summed E-state index contributed by atoms with van der Waals surface area (Å²) < 4.78 is 10.4. The zero-order valence-corrected chi connectivity index (χ0v) is 17.5. The Labute approximate surface area is 178 Å². The molecule has 1 atom stereocenters. The number of amides is 2. The third-order valence-electron chi connectivity index (χ3n) is 3.78. The minimum atomic E-state index is -1.21.